The SMILES string of the molecule is C=C(Nc1c(C)cccc1C)C1CCCCN1CCCC.CC.CC. The highest BCUT2D eigenvalue weighted by molar-refractivity contribution is 5.60. The Labute approximate surface area is 157 Å². The van der Waals surface area contributed by atoms with E-state index >= 15 is 0 Å². The van der Waals surface area contributed by atoms with Gasteiger partial charge in [0, 0.05) is 17.4 Å². The lowest BCUT2D eigenvalue weighted by molar-refractivity contribution is 0.170. The van der Waals surface area contributed by atoms with E-state index in [1.165, 1.54) is 67.7 Å². The minimum atomic E-state index is 0.490. The van der Waals surface area contributed by atoms with Crippen LogP contribution in [0.1, 0.15) is 77.8 Å². The predicted molar refractivity (Wildman–Crippen MR) is 115 cm³/mol. The van der Waals surface area contributed by atoms with Gasteiger partial charge in [-0.05, 0) is 57.3 Å². The van der Waals surface area contributed by atoms with E-state index < -0.39 is 0 Å². The molecule has 2 nitrogen and oxygen atoms in total. The molecule has 0 spiro atoms. The van der Waals surface area contributed by atoms with Gasteiger partial charge in [0.15, 0.2) is 0 Å². The number of benzene rings is 1. The zero-order chi connectivity index (χ0) is 19.2. The number of piperidine rings is 1. The van der Waals surface area contributed by atoms with Gasteiger partial charge in [0.05, 0.1) is 0 Å². The second kappa shape index (κ2) is 13.9. The van der Waals surface area contributed by atoms with Crippen LogP contribution >= 0.6 is 0 Å². The second-order valence-corrected chi connectivity index (χ2v) is 6.32. The third-order valence-corrected chi connectivity index (χ3v) is 4.58. The molecular weight excluding hydrogens is 304 g/mol. The fourth-order valence-corrected chi connectivity index (χ4v) is 3.27. The van der Waals surface area contributed by atoms with E-state index in [4.69, 9.17) is 0 Å². The van der Waals surface area contributed by atoms with E-state index in [0.29, 0.717) is 6.04 Å². The van der Waals surface area contributed by atoms with Crippen LogP contribution in [-0.2, 0) is 0 Å². The predicted octanol–water partition coefficient (Wildman–Crippen LogP) is 6.94. The topological polar surface area (TPSA) is 15.3 Å². The lowest BCUT2D eigenvalue weighted by Crippen LogP contribution is -2.42. The van der Waals surface area contributed by atoms with Crippen LogP contribution in [-0.4, -0.2) is 24.0 Å². The summed E-state index contributed by atoms with van der Waals surface area (Å²) in [5, 5.41) is 3.62. The van der Waals surface area contributed by atoms with Crippen molar-refractivity contribution in [2.75, 3.05) is 18.4 Å². The van der Waals surface area contributed by atoms with Crippen molar-refractivity contribution in [2.45, 2.75) is 86.6 Å². The molecule has 1 aromatic rings. The Kier molecular flexibility index (Phi) is 13.2. The zero-order valence-corrected chi connectivity index (χ0v) is 17.9. The number of para-hydroxylation sites is 1. The summed E-state index contributed by atoms with van der Waals surface area (Å²) in [5.74, 6) is 0. The highest BCUT2D eigenvalue weighted by Crippen LogP contribution is 2.27. The molecule has 1 saturated heterocycles. The number of nitrogens with one attached hydrogen (secondary N) is 1. The molecule has 1 atom stereocenters. The molecule has 0 aliphatic carbocycles. The molecular formula is C23H42N2. The Balaban J connectivity index is 0.00000134. The number of nitrogens with zero attached hydrogens (tertiary/aromatic N) is 1. The number of rotatable bonds is 6. The van der Waals surface area contributed by atoms with E-state index in [0.717, 1.165) is 0 Å². The first-order valence-electron chi connectivity index (χ1n) is 10.4. The van der Waals surface area contributed by atoms with E-state index in [2.05, 4.69) is 55.8 Å². The van der Waals surface area contributed by atoms with Gasteiger partial charge in [0.1, 0.15) is 0 Å². The Morgan fingerprint density at radius 3 is 2.28 bits per heavy atom. The van der Waals surface area contributed by atoms with E-state index in [-0.39, 0.29) is 0 Å². The molecule has 144 valence electrons. The maximum Gasteiger partial charge on any atom is 0.0492 e. The molecule has 0 aromatic heterocycles. The summed E-state index contributed by atoms with van der Waals surface area (Å²) < 4.78 is 0. The summed E-state index contributed by atoms with van der Waals surface area (Å²) in [6.07, 6.45) is 6.44. The second-order valence-electron chi connectivity index (χ2n) is 6.32. The summed E-state index contributed by atoms with van der Waals surface area (Å²) in [5.41, 5.74) is 5.01. The third kappa shape index (κ3) is 7.64. The maximum atomic E-state index is 4.36. The van der Waals surface area contributed by atoms with Crippen LogP contribution in [0.15, 0.2) is 30.5 Å². The molecule has 1 N–H and O–H groups in total. The van der Waals surface area contributed by atoms with Gasteiger partial charge in [-0.25, -0.2) is 0 Å². The molecule has 1 aliphatic rings. The Morgan fingerprint density at radius 1 is 1.12 bits per heavy atom. The average molecular weight is 347 g/mol. The van der Waals surface area contributed by atoms with Gasteiger partial charge in [-0.3, -0.25) is 4.90 Å². The molecule has 1 fully saturated rings. The summed E-state index contributed by atoms with van der Waals surface area (Å²) in [4.78, 5) is 2.62. The van der Waals surface area contributed by atoms with Gasteiger partial charge in [-0.2, -0.15) is 0 Å². The van der Waals surface area contributed by atoms with E-state index in [9.17, 15) is 0 Å². The molecule has 2 rings (SSSR count). The van der Waals surface area contributed by atoms with Crippen LogP contribution in [0.25, 0.3) is 0 Å². The van der Waals surface area contributed by atoms with Gasteiger partial charge in [-0.15, -0.1) is 0 Å². The third-order valence-electron chi connectivity index (χ3n) is 4.58. The minimum Gasteiger partial charge on any atom is -0.358 e. The van der Waals surface area contributed by atoms with E-state index in [1.807, 2.05) is 27.7 Å². The van der Waals surface area contributed by atoms with Crippen molar-refractivity contribution >= 4 is 5.69 Å². The normalized spacial score (nSPS) is 16.8. The summed E-state index contributed by atoms with van der Waals surface area (Å²) >= 11 is 0. The average Bonchev–Trinajstić information content (AvgIpc) is 2.66. The smallest absolute Gasteiger partial charge is 0.0492 e. The van der Waals surface area contributed by atoms with Crippen LogP contribution in [0.5, 0.6) is 0 Å². The molecule has 25 heavy (non-hydrogen) atoms. The first-order valence-corrected chi connectivity index (χ1v) is 10.4. The molecule has 1 heterocycles. The molecule has 0 amide bonds. The molecule has 1 aromatic carbocycles. The molecule has 1 unspecified atom stereocenters. The lowest BCUT2D eigenvalue weighted by Gasteiger charge is -2.37. The van der Waals surface area contributed by atoms with Gasteiger partial charge < -0.3 is 5.32 Å². The fraction of sp³-hybridized carbons (Fsp3) is 0.652. The van der Waals surface area contributed by atoms with Gasteiger partial charge in [-0.1, -0.05) is 72.2 Å². The fourth-order valence-electron chi connectivity index (χ4n) is 3.27. The van der Waals surface area contributed by atoms with Crippen LogP contribution in [0.4, 0.5) is 5.69 Å². The summed E-state index contributed by atoms with van der Waals surface area (Å²) in [6, 6.07) is 6.94. The first kappa shape index (κ1) is 23.7. The van der Waals surface area contributed by atoms with Crippen molar-refractivity contribution in [1.82, 2.24) is 4.90 Å². The summed E-state index contributed by atoms with van der Waals surface area (Å²) in [7, 11) is 0. The van der Waals surface area contributed by atoms with Gasteiger partial charge in [0.25, 0.3) is 0 Å². The Bertz CT molecular complexity index is 459. The van der Waals surface area contributed by atoms with Crippen molar-refractivity contribution < 1.29 is 0 Å². The summed E-state index contributed by atoms with van der Waals surface area (Å²) in [6.45, 7) is 21.4. The van der Waals surface area contributed by atoms with E-state index in [1.54, 1.807) is 0 Å². The number of hydrogen-bond acceptors (Lipinski definition) is 2. The van der Waals surface area contributed by atoms with Crippen molar-refractivity contribution in [3.05, 3.63) is 41.6 Å². The molecule has 0 radical (unpaired) electrons. The van der Waals surface area contributed by atoms with Crippen LogP contribution in [0.2, 0.25) is 0 Å². The van der Waals surface area contributed by atoms with Crippen molar-refractivity contribution in [1.29, 1.82) is 0 Å². The van der Waals surface area contributed by atoms with Gasteiger partial charge >= 0.3 is 0 Å². The number of hydrogen-bond donors (Lipinski definition) is 1. The highest BCUT2D eigenvalue weighted by atomic mass is 15.2. The molecule has 0 bridgehead atoms. The lowest BCUT2D eigenvalue weighted by atomic mass is 9.98. The van der Waals surface area contributed by atoms with Crippen LogP contribution < -0.4 is 5.32 Å². The monoisotopic (exact) mass is 346 g/mol. The van der Waals surface area contributed by atoms with Crippen molar-refractivity contribution in [2.24, 2.45) is 0 Å². The molecule has 0 saturated carbocycles. The maximum absolute atomic E-state index is 4.36. The van der Waals surface area contributed by atoms with Crippen LogP contribution in [0, 0.1) is 13.8 Å². The minimum absolute atomic E-state index is 0.490. The van der Waals surface area contributed by atoms with Crippen LogP contribution in [0.3, 0.4) is 0 Å². The number of unbranched alkanes of at least 4 members (excludes halogenated alkanes) is 1. The molecule has 2 heteroatoms. The Morgan fingerprint density at radius 2 is 1.72 bits per heavy atom. The number of aryl methyl sites for hydroxylation is 2. The largest absolute Gasteiger partial charge is 0.358 e. The highest BCUT2D eigenvalue weighted by Gasteiger charge is 2.24. The zero-order valence-electron chi connectivity index (χ0n) is 17.9. The standard InChI is InChI=1S/C19H30N2.2C2H6/c1-5-6-13-21-14-8-7-12-18(21)17(4)20-19-15(2)10-9-11-16(19)3;2*1-2/h9-11,18,20H,4-8,12-14H2,1-3H3;2*1-2H3. The quantitative estimate of drug-likeness (QED) is 0.600. The van der Waals surface area contributed by atoms with Crippen molar-refractivity contribution in [3.63, 3.8) is 0 Å². The first-order chi connectivity index (χ1) is 12.1. The Hall–Kier alpha value is -1.28. The molecule has 1 aliphatic heterocycles. The van der Waals surface area contributed by atoms with Crippen molar-refractivity contribution in [3.8, 4) is 0 Å². The van der Waals surface area contributed by atoms with Gasteiger partial charge in [0.2, 0.25) is 0 Å². The number of likely N-dealkylation sites (tertiary alicyclic amines) is 1. The number of anilines is 1.